The lowest BCUT2D eigenvalue weighted by atomic mass is 9.90. The molecule has 2 heterocycles. The fourth-order valence-electron chi connectivity index (χ4n) is 6.60. The molecule has 0 bridgehead atoms. The number of carbonyl (C=O) groups excluding carboxylic acids is 3. The number of nitrogens with zero attached hydrogens (tertiary/aromatic N) is 3. The van der Waals surface area contributed by atoms with Gasteiger partial charge >= 0.3 is 0 Å². The molecule has 3 amide bonds. The van der Waals surface area contributed by atoms with E-state index in [9.17, 15) is 14.4 Å². The van der Waals surface area contributed by atoms with Gasteiger partial charge in [0.05, 0.1) is 12.1 Å². The summed E-state index contributed by atoms with van der Waals surface area (Å²) in [4.78, 5) is 46.7. The summed E-state index contributed by atoms with van der Waals surface area (Å²) in [5.41, 5.74) is 2.03. The van der Waals surface area contributed by atoms with Gasteiger partial charge < -0.3 is 15.1 Å². The van der Waals surface area contributed by atoms with E-state index in [0.29, 0.717) is 11.5 Å². The Kier molecular flexibility index (Phi) is 12.6. The molecule has 1 aromatic carbocycles. The van der Waals surface area contributed by atoms with Crippen LogP contribution in [0.2, 0.25) is 0 Å². The molecule has 2 aliphatic rings. The molecule has 42 heavy (non-hydrogen) atoms. The van der Waals surface area contributed by atoms with Crippen molar-refractivity contribution >= 4 is 17.7 Å². The second-order valence-electron chi connectivity index (χ2n) is 13.5. The highest BCUT2D eigenvalue weighted by atomic mass is 16.2. The fourth-order valence-corrected chi connectivity index (χ4v) is 6.60. The molecule has 0 spiro atoms. The number of likely N-dealkylation sites (N-methyl/N-ethyl adjacent to an activating group) is 1. The van der Waals surface area contributed by atoms with Crippen LogP contribution in [-0.4, -0.2) is 83.3 Å². The predicted octanol–water partition coefficient (Wildman–Crippen LogP) is 5.30. The van der Waals surface area contributed by atoms with Crippen LogP contribution in [0.25, 0.3) is 0 Å². The van der Waals surface area contributed by atoms with Crippen molar-refractivity contribution in [1.29, 1.82) is 0 Å². The topological polar surface area (TPSA) is 73.0 Å². The van der Waals surface area contributed by atoms with Gasteiger partial charge in [-0.15, -0.1) is 0 Å². The van der Waals surface area contributed by atoms with Crippen molar-refractivity contribution < 1.29 is 14.4 Å². The first-order chi connectivity index (χ1) is 19.9. The number of hydrogen-bond acceptors (Lipinski definition) is 4. The van der Waals surface area contributed by atoms with Crippen molar-refractivity contribution in [3.63, 3.8) is 0 Å². The van der Waals surface area contributed by atoms with Crippen LogP contribution in [0.5, 0.6) is 0 Å². The number of amides is 3. The molecule has 7 nitrogen and oxygen atoms in total. The quantitative estimate of drug-likeness (QED) is 0.361. The molecular formula is C35H56N4O3. The van der Waals surface area contributed by atoms with Crippen LogP contribution in [0, 0.1) is 17.8 Å². The molecule has 3 rings (SSSR count). The highest BCUT2D eigenvalue weighted by Crippen LogP contribution is 2.24. The first-order valence-corrected chi connectivity index (χ1v) is 16.2. The summed E-state index contributed by atoms with van der Waals surface area (Å²) in [6, 6.07) is 9.79. The second-order valence-corrected chi connectivity index (χ2v) is 13.5. The number of carbonyl (C=O) groups is 3. The van der Waals surface area contributed by atoms with E-state index in [1.165, 1.54) is 5.56 Å². The van der Waals surface area contributed by atoms with Gasteiger partial charge in [0.15, 0.2) is 0 Å². The Morgan fingerprint density at radius 2 is 1.57 bits per heavy atom. The molecule has 0 aliphatic carbocycles. The second kappa shape index (κ2) is 15.7. The summed E-state index contributed by atoms with van der Waals surface area (Å²) in [6.45, 7) is 16.7. The zero-order valence-corrected chi connectivity index (χ0v) is 27.4. The largest absolute Gasteiger partial charge is 0.343 e. The Morgan fingerprint density at radius 3 is 2.14 bits per heavy atom. The Balaban J connectivity index is 1.65. The van der Waals surface area contributed by atoms with E-state index < -0.39 is 6.04 Å². The molecule has 234 valence electrons. The fraction of sp³-hybridized carbons (Fsp3) is 0.686. The van der Waals surface area contributed by atoms with E-state index in [1.54, 1.807) is 11.9 Å². The van der Waals surface area contributed by atoms with Crippen LogP contribution in [-0.2, 0) is 20.8 Å². The van der Waals surface area contributed by atoms with Crippen LogP contribution < -0.4 is 5.32 Å². The van der Waals surface area contributed by atoms with E-state index in [-0.39, 0.29) is 47.7 Å². The number of nitrogens with one attached hydrogen (secondary N) is 1. The van der Waals surface area contributed by atoms with Crippen molar-refractivity contribution in [3.8, 4) is 0 Å². The van der Waals surface area contributed by atoms with E-state index in [2.05, 4.69) is 62.2 Å². The SMILES string of the molecule is C/C(=C\[C@H](C(C)C)N(C)C(=O)[C@@H](NC(=O)C1CCCCN1C(C)C)C(C)C)C(=O)N1CCC(Cc2ccccc2)CC1. The third kappa shape index (κ3) is 8.92. The minimum atomic E-state index is -0.618. The van der Waals surface area contributed by atoms with E-state index in [0.717, 1.165) is 58.2 Å². The van der Waals surface area contributed by atoms with Gasteiger partial charge in [-0.25, -0.2) is 0 Å². The minimum absolute atomic E-state index is 0.0532. The van der Waals surface area contributed by atoms with Crippen molar-refractivity contribution in [1.82, 2.24) is 20.0 Å². The highest BCUT2D eigenvalue weighted by molar-refractivity contribution is 5.93. The molecule has 2 aliphatic heterocycles. The van der Waals surface area contributed by atoms with Crippen molar-refractivity contribution in [3.05, 3.63) is 47.5 Å². The number of benzene rings is 1. The van der Waals surface area contributed by atoms with Gasteiger partial charge in [-0.05, 0) is 82.7 Å². The third-order valence-electron chi connectivity index (χ3n) is 9.25. The van der Waals surface area contributed by atoms with E-state index >= 15 is 0 Å². The zero-order chi connectivity index (χ0) is 31.0. The molecule has 7 heteroatoms. The first kappa shape index (κ1) is 33.8. The van der Waals surface area contributed by atoms with Crippen molar-refractivity contribution in [2.75, 3.05) is 26.7 Å². The Hall–Kier alpha value is -2.67. The van der Waals surface area contributed by atoms with Gasteiger partial charge in [0.25, 0.3) is 0 Å². The van der Waals surface area contributed by atoms with Gasteiger partial charge in [-0.2, -0.15) is 0 Å². The van der Waals surface area contributed by atoms with Gasteiger partial charge in [-0.3, -0.25) is 19.3 Å². The van der Waals surface area contributed by atoms with E-state index in [1.807, 2.05) is 37.8 Å². The summed E-state index contributed by atoms with van der Waals surface area (Å²) >= 11 is 0. The summed E-state index contributed by atoms with van der Waals surface area (Å²) in [5.74, 6) is 0.537. The van der Waals surface area contributed by atoms with Crippen LogP contribution in [0.4, 0.5) is 0 Å². The van der Waals surface area contributed by atoms with Gasteiger partial charge in [0.2, 0.25) is 17.7 Å². The predicted molar refractivity (Wildman–Crippen MR) is 171 cm³/mol. The average Bonchev–Trinajstić information content (AvgIpc) is 2.97. The van der Waals surface area contributed by atoms with Crippen LogP contribution in [0.1, 0.15) is 86.1 Å². The summed E-state index contributed by atoms with van der Waals surface area (Å²) in [7, 11) is 1.80. The molecule has 0 aromatic heterocycles. The van der Waals surface area contributed by atoms with Crippen molar-refractivity contribution in [2.24, 2.45) is 17.8 Å². The molecule has 1 N–H and O–H groups in total. The lowest BCUT2D eigenvalue weighted by molar-refractivity contribution is -0.140. The maximum absolute atomic E-state index is 13.9. The molecule has 1 aromatic rings. The molecule has 2 fully saturated rings. The first-order valence-electron chi connectivity index (χ1n) is 16.2. The Morgan fingerprint density at radius 1 is 0.929 bits per heavy atom. The van der Waals surface area contributed by atoms with Crippen LogP contribution in [0.3, 0.4) is 0 Å². The van der Waals surface area contributed by atoms with Crippen molar-refractivity contribution in [2.45, 2.75) is 111 Å². The summed E-state index contributed by atoms with van der Waals surface area (Å²) < 4.78 is 0. The van der Waals surface area contributed by atoms with Gasteiger partial charge in [0.1, 0.15) is 6.04 Å². The maximum atomic E-state index is 13.9. The smallest absolute Gasteiger partial charge is 0.249 e. The van der Waals surface area contributed by atoms with E-state index in [4.69, 9.17) is 0 Å². The lowest BCUT2D eigenvalue weighted by Crippen LogP contribution is -2.58. The molecule has 2 saturated heterocycles. The van der Waals surface area contributed by atoms with Gasteiger partial charge in [0, 0.05) is 31.8 Å². The van der Waals surface area contributed by atoms with Gasteiger partial charge in [-0.1, -0.05) is 70.5 Å². The monoisotopic (exact) mass is 580 g/mol. The number of piperidine rings is 2. The highest BCUT2D eigenvalue weighted by Gasteiger charge is 2.36. The molecule has 0 saturated carbocycles. The molecule has 3 atom stereocenters. The zero-order valence-electron chi connectivity index (χ0n) is 27.4. The number of hydrogen-bond donors (Lipinski definition) is 1. The average molecular weight is 581 g/mol. The third-order valence-corrected chi connectivity index (χ3v) is 9.25. The number of rotatable bonds is 11. The lowest BCUT2D eigenvalue weighted by Gasteiger charge is -2.39. The van der Waals surface area contributed by atoms with Crippen LogP contribution in [0.15, 0.2) is 42.0 Å². The molecular weight excluding hydrogens is 524 g/mol. The minimum Gasteiger partial charge on any atom is -0.343 e. The summed E-state index contributed by atoms with van der Waals surface area (Å²) in [6.07, 6.45) is 7.98. The normalized spacial score (nSPS) is 20.6. The maximum Gasteiger partial charge on any atom is 0.249 e. The Bertz CT molecular complexity index is 1060. The Labute approximate surface area is 255 Å². The standard InChI is InChI=1S/C35H56N4O3/c1-24(2)31(22-27(7)34(41)38-20-17-29(18-21-38)23-28-14-10-9-11-15-28)37(8)35(42)32(25(3)4)36-33(40)30-16-12-13-19-39(30)26(5)6/h9-11,14-15,22,24-26,29-32H,12-13,16-21,23H2,1-8H3,(H,36,40)/b27-22+/t30?,31-,32+/m1/s1. The van der Waals surface area contributed by atoms with Crippen LogP contribution >= 0.6 is 0 Å². The molecule has 0 radical (unpaired) electrons. The summed E-state index contributed by atoms with van der Waals surface area (Å²) in [5, 5.41) is 3.13. The number of likely N-dealkylation sites (tertiary alicyclic amines) is 2. The molecule has 1 unspecified atom stereocenters.